The molecule has 0 amide bonds. The molecule has 0 aliphatic carbocycles. The summed E-state index contributed by atoms with van der Waals surface area (Å²) in [5.41, 5.74) is 0. The fourth-order valence-electron chi connectivity index (χ4n) is 2.13. The van der Waals surface area contributed by atoms with Crippen LogP contribution < -0.4 is 10.2 Å². The predicted molar refractivity (Wildman–Crippen MR) is 87.5 cm³/mol. The second kappa shape index (κ2) is 7.53. The third-order valence-corrected chi connectivity index (χ3v) is 4.40. The molecule has 2 aromatic heterocycles. The lowest BCUT2D eigenvalue weighted by atomic mass is 10.3. The van der Waals surface area contributed by atoms with E-state index >= 15 is 0 Å². The van der Waals surface area contributed by atoms with Gasteiger partial charge in [-0.1, -0.05) is 6.92 Å². The smallest absolute Gasteiger partial charge is 0.225 e. The molecule has 2 heterocycles. The maximum atomic E-state index is 9.31. The van der Waals surface area contributed by atoms with Gasteiger partial charge in [0.15, 0.2) is 0 Å². The normalized spacial score (nSPS) is 11.0. The zero-order chi connectivity index (χ0) is 15.2. The van der Waals surface area contributed by atoms with Crippen LogP contribution in [0.4, 0.5) is 11.8 Å². The molecule has 2 rings (SSSR count). The van der Waals surface area contributed by atoms with E-state index in [0.29, 0.717) is 25.6 Å². The maximum Gasteiger partial charge on any atom is 0.225 e. The molecule has 0 spiro atoms. The summed E-state index contributed by atoms with van der Waals surface area (Å²) in [4.78, 5) is 13.4. The van der Waals surface area contributed by atoms with Gasteiger partial charge in [0.2, 0.25) is 5.95 Å². The van der Waals surface area contributed by atoms with Crippen LogP contribution in [0.15, 0.2) is 6.07 Å². The zero-order valence-electron chi connectivity index (χ0n) is 12.7. The molecular formula is C14H22N4O2S. The van der Waals surface area contributed by atoms with E-state index in [-0.39, 0.29) is 6.61 Å². The first-order chi connectivity index (χ1) is 10.2. The van der Waals surface area contributed by atoms with Gasteiger partial charge in [-0.2, -0.15) is 4.98 Å². The molecule has 0 atom stereocenters. The standard InChI is InChI=1S/C14H22N4O2S/c1-4-10-9-11-12(18(5-7-19)6-8-20-3)16-14(15-2)17-13(11)21-10/h9,19H,4-8H2,1-3H3,(H,15,16,17). The van der Waals surface area contributed by atoms with Gasteiger partial charge in [-0.15, -0.1) is 11.3 Å². The minimum atomic E-state index is 0.0782. The van der Waals surface area contributed by atoms with E-state index in [1.165, 1.54) is 4.88 Å². The van der Waals surface area contributed by atoms with Gasteiger partial charge in [0, 0.05) is 32.1 Å². The van der Waals surface area contributed by atoms with Crippen LogP contribution in [-0.4, -0.2) is 55.5 Å². The lowest BCUT2D eigenvalue weighted by Gasteiger charge is -2.23. The van der Waals surface area contributed by atoms with Crippen LogP contribution >= 0.6 is 11.3 Å². The molecule has 0 radical (unpaired) electrons. The molecule has 0 aliphatic heterocycles. The maximum absolute atomic E-state index is 9.31. The number of aromatic nitrogens is 2. The van der Waals surface area contributed by atoms with Gasteiger partial charge in [0.1, 0.15) is 10.6 Å². The molecule has 0 saturated heterocycles. The van der Waals surface area contributed by atoms with Crippen molar-refractivity contribution < 1.29 is 9.84 Å². The lowest BCUT2D eigenvalue weighted by molar-refractivity contribution is 0.202. The van der Waals surface area contributed by atoms with Crippen molar-refractivity contribution in [2.24, 2.45) is 0 Å². The van der Waals surface area contributed by atoms with Crippen molar-refractivity contribution in [3.05, 3.63) is 10.9 Å². The van der Waals surface area contributed by atoms with Crippen molar-refractivity contribution in [1.82, 2.24) is 9.97 Å². The number of aliphatic hydroxyl groups is 1. The Balaban J connectivity index is 2.48. The van der Waals surface area contributed by atoms with Crippen molar-refractivity contribution in [2.45, 2.75) is 13.3 Å². The van der Waals surface area contributed by atoms with E-state index in [2.05, 4.69) is 28.3 Å². The Morgan fingerprint density at radius 3 is 2.81 bits per heavy atom. The van der Waals surface area contributed by atoms with Crippen LogP contribution in [0, 0.1) is 0 Å². The highest BCUT2D eigenvalue weighted by Crippen LogP contribution is 2.32. The number of anilines is 2. The van der Waals surface area contributed by atoms with Gasteiger partial charge < -0.3 is 20.1 Å². The highest BCUT2D eigenvalue weighted by molar-refractivity contribution is 7.18. The van der Waals surface area contributed by atoms with Crippen LogP contribution in [0.1, 0.15) is 11.8 Å². The highest BCUT2D eigenvalue weighted by atomic mass is 32.1. The van der Waals surface area contributed by atoms with Gasteiger partial charge in [-0.25, -0.2) is 4.98 Å². The summed E-state index contributed by atoms with van der Waals surface area (Å²) >= 11 is 1.69. The number of hydrogen-bond donors (Lipinski definition) is 2. The van der Waals surface area contributed by atoms with Crippen molar-refractivity contribution in [3.63, 3.8) is 0 Å². The van der Waals surface area contributed by atoms with Crippen LogP contribution in [0.2, 0.25) is 0 Å². The van der Waals surface area contributed by atoms with Crippen molar-refractivity contribution in [3.8, 4) is 0 Å². The summed E-state index contributed by atoms with van der Waals surface area (Å²) in [6.07, 6.45) is 0.980. The van der Waals surface area contributed by atoms with Gasteiger partial charge in [-0.05, 0) is 12.5 Å². The Morgan fingerprint density at radius 2 is 2.19 bits per heavy atom. The second-order valence-electron chi connectivity index (χ2n) is 4.61. The fraction of sp³-hybridized carbons (Fsp3) is 0.571. The summed E-state index contributed by atoms with van der Waals surface area (Å²) in [6, 6.07) is 2.14. The summed E-state index contributed by atoms with van der Waals surface area (Å²) in [7, 11) is 3.48. The number of nitrogens with zero attached hydrogens (tertiary/aromatic N) is 3. The van der Waals surface area contributed by atoms with E-state index in [1.54, 1.807) is 18.4 Å². The van der Waals surface area contributed by atoms with Gasteiger partial charge in [-0.3, -0.25) is 0 Å². The van der Waals surface area contributed by atoms with E-state index in [9.17, 15) is 5.11 Å². The quantitative estimate of drug-likeness (QED) is 0.774. The van der Waals surface area contributed by atoms with E-state index < -0.39 is 0 Å². The average molecular weight is 310 g/mol. The Labute approximate surface area is 128 Å². The fourth-order valence-corrected chi connectivity index (χ4v) is 3.09. The first-order valence-corrected chi connectivity index (χ1v) is 7.88. The van der Waals surface area contributed by atoms with E-state index in [4.69, 9.17) is 4.74 Å². The van der Waals surface area contributed by atoms with Gasteiger partial charge in [0.05, 0.1) is 18.6 Å². The predicted octanol–water partition coefficient (Wildman–Crippen LogP) is 1.74. The van der Waals surface area contributed by atoms with E-state index in [0.717, 1.165) is 22.5 Å². The second-order valence-corrected chi connectivity index (χ2v) is 5.72. The minimum Gasteiger partial charge on any atom is -0.395 e. The van der Waals surface area contributed by atoms with Gasteiger partial charge in [0.25, 0.3) is 0 Å². The molecular weight excluding hydrogens is 288 g/mol. The topological polar surface area (TPSA) is 70.5 Å². The number of methoxy groups -OCH3 is 1. The number of nitrogens with one attached hydrogen (secondary N) is 1. The molecule has 0 saturated carbocycles. The largest absolute Gasteiger partial charge is 0.395 e. The van der Waals surface area contributed by atoms with Crippen LogP contribution in [0.25, 0.3) is 10.2 Å². The summed E-state index contributed by atoms with van der Waals surface area (Å²) < 4.78 is 5.16. The molecule has 0 aliphatic rings. The molecule has 7 heteroatoms. The number of aryl methyl sites for hydroxylation is 1. The number of fused-ring (bicyclic) bond motifs is 1. The Morgan fingerprint density at radius 1 is 1.38 bits per heavy atom. The summed E-state index contributed by atoms with van der Waals surface area (Å²) in [5, 5.41) is 13.4. The SMILES string of the molecule is CCc1cc2c(N(CCO)CCOC)nc(NC)nc2s1. The third-order valence-electron chi connectivity index (χ3n) is 3.23. The molecule has 0 bridgehead atoms. The molecule has 116 valence electrons. The number of thiophene rings is 1. The lowest BCUT2D eigenvalue weighted by Crippen LogP contribution is -2.31. The number of hydrogen-bond acceptors (Lipinski definition) is 7. The van der Waals surface area contributed by atoms with Crippen molar-refractivity contribution in [1.29, 1.82) is 0 Å². The van der Waals surface area contributed by atoms with Crippen LogP contribution in [0.5, 0.6) is 0 Å². The molecule has 6 nitrogen and oxygen atoms in total. The zero-order valence-corrected chi connectivity index (χ0v) is 13.5. The molecule has 2 aromatic rings. The van der Waals surface area contributed by atoms with E-state index in [1.807, 2.05) is 11.9 Å². The first kappa shape index (κ1) is 15.9. The Bertz CT molecular complexity index is 588. The van der Waals surface area contributed by atoms with Crippen LogP contribution in [0.3, 0.4) is 0 Å². The number of ether oxygens (including phenoxy) is 1. The van der Waals surface area contributed by atoms with Crippen LogP contribution in [-0.2, 0) is 11.2 Å². The molecule has 21 heavy (non-hydrogen) atoms. The third kappa shape index (κ3) is 3.61. The minimum absolute atomic E-state index is 0.0782. The number of rotatable bonds is 8. The Kier molecular flexibility index (Phi) is 5.72. The molecule has 2 N–H and O–H groups in total. The molecule has 0 unspecified atom stereocenters. The van der Waals surface area contributed by atoms with Crippen molar-refractivity contribution in [2.75, 3.05) is 50.7 Å². The highest BCUT2D eigenvalue weighted by Gasteiger charge is 2.16. The first-order valence-electron chi connectivity index (χ1n) is 7.06. The number of aliphatic hydroxyl groups excluding tert-OH is 1. The average Bonchev–Trinajstić information content (AvgIpc) is 2.93. The summed E-state index contributed by atoms with van der Waals surface area (Å²) in [5.74, 6) is 1.45. The van der Waals surface area contributed by atoms with Gasteiger partial charge >= 0.3 is 0 Å². The van der Waals surface area contributed by atoms with Crippen molar-refractivity contribution >= 4 is 33.3 Å². The molecule has 0 fully saturated rings. The summed E-state index contributed by atoms with van der Waals surface area (Å²) in [6.45, 7) is 4.01. The Hall–Kier alpha value is -1.44. The monoisotopic (exact) mass is 310 g/mol. The molecule has 0 aromatic carbocycles.